The van der Waals surface area contributed by atoms with Gasteiger partial charge in [0.15, 0.2) is 0 Å². The minimum absolute atomic E-state index is 0.0502. The van der Waals surface area contributed by atoms with E-state index in [1.54, 1.807) is 39.8 Å². The van der Waals surface area contributed by atoms with Gasteiger partial charge in [-0.15, -0.1) is 0 Å². The van der Waals surface area contributed by atoms with Crippen LogP contribution in [0.2, 0.25) is 0 Å². The fourth-order valence-electron chi connectivity index (χ4n) is 4.15. The zero-order valence-electron chi connectivity index (χ0n) is 24.0. The number of carbonyl (C=O) groups excluding carboxylic acids is 4. The van der Waals surface area contributed by atoms with Gasteiger partial charge in [0.25, 0.3) is 0 Å². The number of alkyl carbamates (subject to hydrolysis) is 1. The first kappa shape index (κ1) is 32.1. The Morgan fingerprint density at radius 3 is 2.30 bits per heavy atom. The number of amides is 4. The van der Waals surface area contributed by atoms with Crippen molar-refractivity contribution in [3.05, 3.63) is 65.2 Å². The number of rotatable bonds is 13. The molecule has 0 saturated carbocycles. The van der Waals surface area contributed by atoms with Gasteiger partial charge < -0.3 is 31.1 Å². The summed E-state index contributed by atoms with van der Waals surface area (Å²) >= 11 is 0. The lowest BCUT2D eigenvalue weighted by Gasteiger charge is -2.34. The molecule has 2 rings (SSSR count). The average molecular weight is 555 g/mol. The third kappa shape index (κ3) is 10.2. The van der Waals surface area contributed by atoms with E-state index in [4.69, 9.17) is 10.5 Å². The molecule has 0 aliphatic heterocycles. The van der Waals surface area contributed by atoms with E-state index in [1.807, 2.05) is 37.3 Å². The highest BCUT2D eigenvalue weighted by atomic mass is 16.6. The first-order valence-corrected chi connectivity index (χ1v) is 13.5. The summed E-state index contributed by atoms with van der Waals surface area (Å²) in [6, 6.07) is 11.6. The number of nitrogens with one attached hydrogen (secondary N) is 2. The van der Waals surface area contributed by atoms with Crippen LogP contribution in [0, 0.1) is 6.92 Å². The number of primary amides is 1. The Bertz CT molecular complexity index is 1160. The van der Waals surface area contributed by atoms with Crippen molar-refractivity contribution in [1.82, 2.24) is 15.5 Å². The quantitative estimate of drug-likeness (QED) is 0.276. The van der Waals surface area contributed by atoms with E-state index in [-0.39, 0.29) is 18.8 Å². The average Bonchev–Trinajstić information content (AvgIpc) is 2.87. The van der Waals surface area contributed by atoms with Gasteiger partial charge in [-0.1, -0.05) is 56.2 Å². The van der Waals surface area contributed by atoms with Gasteiger partial charge in [-0.3, -0.25) is 14.4 Å². The Labute approximate surface area is 236 Å². The maximum absolute atomic E-state index is 14.0. The standard InChI is InChI=1S/C30H42N4O6/c1-6-7-11-16-34(28(38)23(18-25(31)36)33-29(39)40-30(3,4)5)26(22-14-15-24(35)20(2)17-22)27(37)32-19-21-12-9-8-10-13-21/h8-10,12-15,17,23,26,35H,6-7,11,16,18-19H2,1-5H3,(H2,31,36)(H,32,37)(H,33,39). The van der Waals surface area contributed by atoms with Crippen molar-refractivity contribution in [1.29, 1.82) is 0 Å². The highest BCUT2D eigenvalue weighted by Gasteiger charge is 2.37. The van der Waals surface area contributed by atoms with Crippen LogP contribution in [0.5, 0.6) is 5.75 Å². The van der Waals surface area contributed by atoms with Crippen LogP contribution in [-0.4, -0.2) is 52.0 Å². The fourth-order valence-corrected chi connectivity index (χ4v) is 4.15. The van der Waals surface area contributed by atoms with Gasteiger partial charge in [0.2, 0.25) is 17.7 Å². The molecule has 2 aromatic rings. The Kier molecular flexibility index (Phi) is 12.0. The number of nitrogens with two attached hydrogens (primary N) is 1. The van der Waals surface area contributed by atoms with Crippen LogP contribution in [0.15, 0.2) is 48.5 Å². The minimum atomic E-state index is -1.35. The summed E-state index contributed by atoms with van der Waals surface area (Å²) in [5, 5.41) is 15.5. The maximum Gasteiger partial charge on any atom is 0.408 e. The lowest BCUT2D eigenvalue weighted by Crippen LogP contribution is -2.54. The van der Waals surface area contributed by atoms with Gasteiger partial charge in [0, 0.05) is 13.1 Å². The molecule has 2 atom stereocenters. The first-order chi connectivity index (χ1) is 18.8. The number of nitrogens with zero attached hydrogens (tertiary/aromatic N) is 1. The molecule has 0 spiro atoms. The molecular weight excluding hydrogens is 512 g/mol. The SMILES string of the molecule is CCCCCN(C(=O)C(CC(N)=O)NC(=O)OC(C)(C)C)C(C(=O)NCc1ccccc1)c1ccc(O)c(C)c1. The Hall–Kier alpha value is -4.08. The van der Waals surface area contributed by atoms with Crippen molar-refractivity contribution in [3.8, 4) is 5.75 Å². The van der Waals surface area contributed by atoms with Crippen molar-refractivity contribution < 1.29 is 29.0 Å². The first-order valence-electron chi connectivity index (χ1n) is 13.5. The van der Waals surface area contributed by atoms with E-state index in [0.717, 1.165) is 18.4 Å². The summed E-state index contributed by atoms with van der Waals surface area (Å²) in [6.45, 7) is 9.14. The number of phenols is 1. The molecule has 0 aliphatic rings. The van der Waals surface area contributed by atoms with E-state index < -0.39 is 47.9 Å². The molecule has 2 unspecified atom stereocenters. The number of unbranched alkanes of at least 4 members (excludes halogenated alkanes) is 2. The Balaban J connectivity index is 2.51. The van der Waals surface area contributed by atoms with Gasteiger partial charge in [-0.2, -0.15) is 0 Å². The second kappa shape index (κ2) is 14.9. The fraction of sp³-hybridized carbons (Fsp3) is 0.467. The van der Waals surface area contributed by atoms with E-state index in [0.29, 0.717) is 17.5 Å². The smallest absolute Gasteiger partial charge is 0.408 e. The van der Waals surface area contributed by atoms with E-state index in [2.05, 4.69) is 10.6 Å². The molecule has 5 N–H and O–H groups in total. The molecular formula is C30H42N4O6. The number of aromatic hydroxyl groups is 1. The lowest BCUT2D eigenvalue weighted by atomic mass is 9.99. The van der Waals surface area contributed by atoms with Crippen molar-refractivity contribution in [2.75, 3.05) is 6.54 Å². The van der Waals surface area contributed by atoms with Crippen LogP contribution >= 0.6 is 0 Å². The second-order valence-electron chi connectivity index (χ2n) is 10.8. The zero-order valence-corrected chi connectivity index (χ0v) is 24.0. The molecule has 0 bridgehead atoms. The molecule has 218 valence electrons. The summed E-state index contributed by atoms with van der Waals surface area (Å²) in [5.41, 5.74) is 6.48. The number of hydrogen-bond donors (Lipinski definition) is 4. The summed E-state index contributed by atoms with van der Waals surface area (Å²) < 4.78 is 5.31. The summed E-state index contributed by atoms with van der Waals surface area (Å²) in [6.07, 6.45) is 0.876. The lowest BCUT2D eigenvalue weighted by molar-refractivity contribution is -0.143. The van der Waals surface area contributed by atoms with Crippen LogP contribution in [-0.2, 0) is 25.7 Å². The molecule has 0 aromatic heterocycles. The topological polar surface area (TPSA) is 151 Å². The molecule has 0 fully saturated rings. The number of benzene rings is 2. The van der Waals surface area contributed by atoms with Crippen LogP contribution < -0.4 is 16.4 Å². The third-order valence-corrected chi connectivity index (χ3v) is 6.09. The van der Waals surface area contributed by atoms with Gasteiger partial charge >= 0.3 is 6.09 Å². The molecule has 0 aliphatic carbocycles. The van der Waals surface area contributed by atoms with Gasteiger partial charge in [-0.05, 0) is 62.9 Å². The molecule has 10 heteroatoms. The van der Waals surface area contributed by atoms with Crippen LogP contribution in [0.25, 0.3) is 0 Å². The molecule has 0 heterocycles. The molecule has 0 radical (unpaired) electrons. The van der Waals surface area contributed by atoms with Gasteiger partial charge in [0.1, 0.15) is 23.4 Å². The number of ether oxygens (including phenoxy) is 1. The van der Waals surface area contributed by atoms with Crippen LogP contribution in [0.4, 0.5) is 4.79 Å². The summed E-state index contributed by atoms with van der Waals surface area (Å²) in [7, 11) is 0. The monoisotopic (exact) mass is 554 g/mol. The largest absolute Gasteiger partial charge is 0.508 e. The number of aryl methyl sites for hydroxylation is 1. The maximum atomic E-state index is 14.0. The number of phenolic OH excluding ortho intramolecular Hbond substituents is 1. The van der Waals surface area contributed by atoms with Crippen molar-refractivity contribution in [3.63, 3.8) is 0 Å². The van der Waals surface area contributed by atoms with E-state index in [9.17, 15) is 24.3 Å². The molecule has 4 amide bonds. The molecule has 0 saturated heterocycles. The van der Waals surface area contributed by atoms with Crippen LogP contribution in [0.1, 0.15) is 76.1 Å². The Morgan fingerprint density at radius 2 is 1.73 bits per heavy atom. The van der Waals surface area contributed by atoms with E-state index >= 15 is 0 Å². The minimum Gasteiger partial charge on any atom is -0.508 e. The zero-order chi connectivity index (χ0) is 29.9. The highest BCUT2D eigenvalue weighted by Crippen LogP contribution is 2.28. The number of carbonyl (C=O) groups is 4. The van der Waals surface area contributed by atoms with Crippen molar-refractivity contribution in [2.24, 2.45) is 5.73 Å². The predicted octanol–water partition coefficient (Wildman–Crippen LogP) is 3.85. The molecule has 2 aromatic carbocycles. The molecule has 10 nitrogen and oxygen atoms in total. The predicted molar refractivity (Wildman–Crippen MR) is 152 cm³/mol. The van der Waals surface area contributed by atoms with Gasteiger partial charge in [-0.25, -0.2) is 4.79 Å². The number of hydrogen-bond acceptors (Lipinski definition) is 6. The highest BCUT2D eigenvalue weighted by molar-refractivity contribution is 5.94. The third-order valence-electron chi connectivity index (χ3n) is 6.09. The summed E-state index contributed by atoms with van der Waals surface area (Å²) in [4.78, 5) is 53.7. The van der Waals surface area contributed by atoms with Gasteiger partial charge in [0.05, 0.1) is 6.42 Å². The van der Waals surface area contributed by atoms with Crippen molar-refractivity contribution in [2.45, 2.75) is 84.5 Å². The van der Waals surface area contributed by atoms with Crippen molar-refractivity contribution >= 4 is 23.8 Å². The second-order valence-corrected chi connectivity index (χ2v) is 10.8. The molecule has 40 heavy (non-hydrogen) atoms. The summed E-state index contributed by atoms with van der Waals surface area (Å²) in [5.74, 6) is -1.84. The normalized spacial score (nSPS) is 12.6. The van der Waals surface area contributed by atoms with Crippen LogP contribution in [0.3, 0.4) is 0 Å². The van der Waals surface area contributed by atoms with E-state index in [1.165, 1.54) is 11.0 Å². The Morgan fingerprint density at radius 1 is 1.05 bits per heavy atom.